The third-order valence-corrected chi connectivity index (χ3v) is 4.50. The van der Waals surface area contributed by atoms with Crippen molar-refractivity contribution < 1.29 is 19.0 Å². The van der Waals surface area contributed by atoms with E-state index in [1.807, 2.05) is 42.5 Å². The molecule has 0 aliphatic carbocycles. The largest absolute Gasteiger partial charge is 0.497 e. The molecule has 2 heterocycles. The molecule has 4 rings (SSSR count). The Balaban J connectivity index is 1.83. The topological polar surface area (TPSA) is 100 Å². The number of imidazole rings is 1. The Kier molecular flexibility index (Phi) is 5.65. The van der Waals surface area contributed by atoms with Crippen molar-refractivity contribution >= 4 is 28.8 Å². The molecule has 0 saturated heterocycles. The minimum absolute atomic E-state index is 0.109. The molecule has 0 saturated carbocycles. The Morgan fingerprint density at radius 2 is 1.77 bits per heavy atom. The number of carbonyl (C=O) groups is 1. The van der Waals surface area contributed by atoms with Crippen LogP contribution in [0.1, 0.15) is 17.5 Å². The molecule has 0 atom stereocenters. The number of benzene rings is 2. The van der Waals surface area contributed by atoms with Crippen molar-refractivity contribution in [3.8, 4) is 17.2 Å². The van der Waals surface area contributed by atoms with Crippen LogP contribution >= 0.6 is 0 Å². The lowest BCUT2D eigenvalue weighted by molar-refractivity contribution is 0.0510. The molecular weight excluding hydrogens is 398 g/mol. The summed E-state index contributed by atoms with van der Waals surface area (Å²) >= 11 is 0. The van der Waals surface area contributed by atoms with Crippen LogP contribution in [0.2, 0.25) is 0 Å². The normalized spacial score (nSPS) is 10.7. The fourth-order valence-electron chi connectivity index (χ4n) is 3.09. The summed E-state index contributed by atoms with van der Waals surface area (Å²) in [4.78, 5) is 25.9. The SMILES string of the molecule is CCOC(=O)c1nc2cnc(Nc3cccc(OC)c3)nc2n1-c1cccc(OC)c1. The molecule has 0 spiro atoms. The molecule has 0 amide bonds. The second kappa shape index (κ2) is 8.70. The Bertz CT molecular complexity index is 1240. The molecule has 0 unspecified atom stereocenters. The average molecular weight is 419 g/mol. The maximum atomic E-state index is 12.6. The number of anilines is 2. The molecule has 9 nitrogen and oxygen atoms in total. The zero-order valence-electron chi connectivity index (χ0n) is 17.3. The van der Waals surface area contributed by atoms with Gasteiger partial charge in [0.2, 0.25) is 11.8 Å². The Morgan fingerprint density at radius 1 is 1.03 bits per heavy atom. The quantitative estimate of drug-likeness (QED) is 0.452. The molecule has 1 N–H and O–H groups in total. The summed E-state index contributed by atoms with van der Waals surface area (Å²) in [7, 11) is 3.18. The molecule has 0 radical (unpaired) electrons. The van der Waals surface area contributed by atoms with Gasteiger partial charge in [0.15, 0.2) is 5.65 Å². The summed E-state index contributed by atoms with van der Waals surface area (Å²) in [6.07, 6.45) is 1.56. The van der Waals surface area contributed by atoms with Gasteiger partial charge >= 0.3 is 5.97 Å². The van der Waals surface area contributed by atoms with Crippen LogP contribution in [0.15, 0.2) is 54.7 Å². The molecule has 0 bridgehead atoms. The summed E-state index contributed by atoms with van der Waals surface area (Å²) in [6, 6.07) is 14.7. The van der Waals surface area contributed by atoms with E-state index in [0.29, 0.717) is 34.3 Å². The second-order valence-corrected chi connectivity index (χ2v) is 6.45. The van der Waals surface area contributed by atoms with E-state index in [4.69, 9.17) is 14.2 Å². The van der Waals surface area contributed by atoms with Crippen LogP contribution in [0.4, 0.5) is 11.6 Å². The number of rotatable bonds is 7. The van der Waals surface area contributed by atoms with Gasteiger partial charge in [-0.3, -0.25) is 4.57 Å². The molecule has 0 aliphatic heterocycles. The predicted molar refractivity (Wildman–Crippen MR) is 115 cm³/mol. The van der Waals surface area contributed by atoms with Gasteiger partial charge in [-0.2, -0.15) is 4.98 Å². The van der Waals surface area contributed by atoms with Gasteiger partial charge < -0.3 is 19.5 Å². The first kappa shape index (κ1) is 20.1. The fourth-order valence-corrected chi connectivity index (χ4v) is 3.09. The second-order valence-electron chi connectivity index (χ2n) is 6.45. The standard InChI is InChI=1S/C22H21N5O4/c1-4-31-21(28)20-25-18-13-23-22(24-14-7-5-9-16(11-14)29-2)26-19(18)27(20)15-8-6-10-17(12-15)30-3/h5-13H,4H2,1-3H3,(H,23,24,26). The van der Waals surface area contributed by atoms with Crippen LogP contribution in [0.25, 0.3) is 16.9 Å². The van der Waals surface area contributed by atoms with Gasteiger partial charge in [0.05, 0.1) is 32.7 Å². The van der Waals surface area contributed by atoms with E-state index in [1.165, 1.54) is 0 Å². The first-order valence-electron chi connectivity index (χ1n) is 9.61. The summed E-state index contributed by atoms with van der Waals surface area (Å²) in [5.74, 6) is 1.25. The number of nitrogens with one attached hydrogen (secondary N) is 1. The molecule has 2 aromatic carbocycles. The van der Waals surface area contributed by atoms with Crippen molar-refractivity contribution in [1.29, 1.82) is 0 Å². The number of fused-ring (bicyclic) bond motifs is 1. The van der Waals surface area contributed by atoms with Crippen molar-refractivity contribution in [2.24, 2.45) is 0 Å². The Hall–Kier alpha value is -4.14. The van der Waals surface area contributed by atoms with E-state index in [2.05, 4.69) is 20.3 Å². The van der Waals surface area contributed by atoms with Crippen LogP contribution in [-0.2, 0) is 4.74 Å². The molecule has 2 aromatic heterocycles. The highest BCUT2D eigenvalue weighted by Crippen LogP contribution is 2.25. The van der Waals surface area contributed by atoms with E-state index >= 15 is 0 Å². The maximum absolute atomic E-state index is 12.6. The van der Waals surface area contributed by atoms with E-state index in [-0.39, 0.29) is 12.4 Å². The van der Waals surface area contributed by atoms with Gasteiger partial charge in [0.25, 0.3) is 0 Å². The van der Waals surface area contributed by atoms with E-state index in [1.54, 1.807) is 38.0 Å². The van der Waals surface area contributed by atoms with Crippen molar-refractivity contribution in [3.63, 3.8) is 0 Å². The lowest BCUT2D eigenvalue weighted by atomic mass is 10.3. The molecular formula is C22H21N5O4. The summed E-state index contributed by atoms with van der Waals surface area (Å²) in [5, 5.41) is 3.15. The lowest BCUT2D eigenvalue weighted by Crippen LogP contribution is -2.13. The van der Waals surface area contributed by atoms with Gasteiger partial charge in [-0.1, -0.05) is 12.1 Å². The minimum Gasteiger partial charge on any atom is -0.497 e. The van der Waals surface area contributed by atoms with Gasteiger partial charge in [-0.15, -0.1) is 0 Å². The van der Waals surface area contributed by atoms with Crippen LogP contribution < -0.4 is 14.8 Å². The van der Waals surface area contributed by atoms with E-state index < -0.39 is 5.97 Å². The predicted octanol–water partition coefficient (Wildman–Crippen LogP) is 3.75. The van der Waals surface area contributed by atoms with Crippen LogP contribution in [0.5, 0.6) is 11.5 Å². The van der Waals surface area contributed by atoms with Crippen molar-refractivity contribution in [3.05, 3.63) is 60.6 Å². The van der Waals surface area contributed by atoms with Gasteiger partial charge in [-0.25, -0.2) is 14.8 Å². The number of aromatic nitrogens is 4. The highest BCUT2D eigenvalue weighted by molar-refractivity contribution is 5.91. The number of esters is 1. The number of methoxy groups -OCH3 is 2. The third-order valence-electron chi connectivity index (χ3n) is 4.50. The van der Waals surface area contributed by atoms with Gasteiger partial charge in [0.1, 0.15) is 17.0 Å². The van der Waals surface area contributed by atoms with Crippen LogP contribution in [-0.4, -0.2) is 46.3 Å². The van der Waals surface area contributed by atoms with Crippen molar-refractivity contribution in [1.82, 2.24) is 19.5 Å². The summed E-state index contributed by atoms with van der Waals surface area (Å²) in [6.45, 7) is 1.97. The van der Waals surface area contributed by atoms with E-state index in [0.717, 1.165) is 5.69 Å². The zero-order valence-corrected chi connectivity index (χ0v) is 17.3. The highest BCUT2D eigenvalue weighted by atomic mass is 16.5. The Morgan fingerprint density at radius 3 is 2.52 bits per heavy atom. The first-order chi connectivity index (χ1) is 15.1. The highest BCUT2D eigenvalue weighted by Gasteiger charge is 2.22. The van der Waals surface area contributed by atoms with Crippen LogP contribution in [0.3, 0.4) is 0 Å². The Labute approximate surface area is 178 Å². The molecule has 9 heteroatoms. The monoisotopic (exact) mass is 419 g/mol. The fraction of sp³-hybridized carbons (Fsp3) is 0.182. The smallest absolute Gasteiger partial charge is 0.375 e. The van der Waals surface area contributed by atoms with Crippen LogP contribution in [0, 0.1) is 0 Å². The molecule has 0 fully saturated rings. The minimum atomic E-state index is -0.550. The number of ether oxygens (including phenoxy) is 3. The summed E-state index contributed by atoms with van der Waals surface area (Å²) < 4.78 is 17.4. The van der Waals surface area contributed by atoms with Crippen molar-refractivity contribution in [2.75, 3.05) is 26.1 Å². The maximum Gasteiger partial charge on any atom is 0.375 e. The third kappa shape index (κ3) is 4.11. The number of hydrogen-bond acceptors (Lipinski definition) is 8. The van der Waals surface area contributed by atoms with Crippen molar-refractivity contribution in [2.45, 2.75) is 6.92 Å². The molecule has 0 aliphatic rings. The number of carbonyl (C=O) groups excluding carboxylic acids is 1. The number of nitrogens with zero attached hydrogens (tertiary/aromatic N) is 4. The molecule has 4 aromatic rings. The summed E-state index contributed by atoms with van der Waals surface area (Å²) in [5.41, 5.74) is 2.34. The van der Waals surface area contributed by atoms with Gasteiger partial charge in [-0.05, 0) is 31.2 Å². The molecule has 158 valence electrons. The first-order valence-corrected chi connectivity index (χ1v) is 9.61. The molecule has 31 heavy (non-hydrogen) atoms. The number of hydrogen-bond donors (Lipinski definition) is 1. The average Bonchev–Trinajstić information content (AvgIpc) is 3.18. The zero-order chi connectivity index (χ0) is 21.8. The lowest BCUT2D eigenvalue weighted by Gasteiger charge is -2.10. The van der Waals surface area contributed by atoms with E-state index in [9.17, 15) is 4.79 Å². The van der Waals surface area contributed by atoms with Gasteiger partial charge in [0, 0.05) is 17.8 Å².